The number of likely N-dealkylation sites (N-methyl/N-ethyl adjacent to an activating group) is 1. The third-order valence-electron chi connectivity index (χ3n) is 4.15. The molecule has 0 bridgehead atoms. The Hall–Kier alpha value is -1.96. The van der Waals surface area contributed by atoms with Gasteiger partial charge in [0.2, 0.25) is 0 Å². The fraction of sp³-hybridized carbons (Fsp3) is 0.238. The van der Waals surface area contributed by atoms with E-state index in [1.165, 1.54) is 16.7 Å². The van der Waals surface area contributed by atoms with Gasteiger partial charge in [0, 0.05) is 24.7 Å². The van der Waals surface area contributed by atoms with Gasteiger partial charge in [0.1, 0.15) is 6.61 Å². The first-order chi connectivity index (χ1) is 13.9. The molecule has 5 nitrogen and oxygen atoms in total. The second kappa shape index (κ2) is 9.69. The monoisotopic (exact) mass is 494 g/mol. The Kier molecular flexibility index (Phi) is 7.27. The average Bonchev–Trinajstić information content (AvgIpc) is 2.96. The molecule has 1 amide bonds. The summed E-state index contributed by atoms with van der Waals surface area (Å²) < 4.78 is 12.5. The lowest BCUT2D eigenvalue weighted by molar-refractivity contribution is -0.121. The van der Waals surface area contributed by atoms with Crippen molar-refractivity contribution >= 4 is 56.4 Å². The predicted molar refractivity (Wildman–Crippen MR) is 123 cm³/mol. The SMILES string of the molecule is CCOc1cc(/C=C2/SC(=NC)N(C)C2=O)cc(Br)c1OCc1ccccc1Cl. The first-order valence-corrected chi connectivity index (χ1v) is 10.9. The van der Waals surface area contributed by atoms with Crippen molar-refractivity contribution in [2.24, 2.45) is 4.99 Å². The minimum Gasteiger partial charge on any atom is -0.490 e. The van der Waals surface area contributed by atoms with E-state index in [0.717, 1.165) is 15.6 Å². The van der Waals surface area contributed by atoms with E-state index in [2.05, 4.69) is 20.9 Å². The summed E-state index contributed by atoms with van der Waals surface area (Å²) >= 11 is 11.1. The summed E-state index contributed by atoms with van der Waals surface area (Å²) in [6.07, 6.45) is 1.83. The smallest absolute Gasteiger partial charge is 0.266 e. The number of rotatable bonds is 6. The van der Waals surface area contributed by atoms with Crippen molar-refractivity contribution < 1.29 is 14.3 Å². The summed E-state index contributed by atoms with van der Waals surface area (Å²) in [6, 6.07) is 11.3. The molecule has 0 N–H and O–H groups in total. The van der Waals surface area contributed by atoms with Crippen LogP contribution >= 0.6 is 39.3 Å². The molecule has 0 aromatic heterocycles. The highest BCUT2D eigenvalue weighted by Crippen LogP contribution is 2.39. The number of halogens is 2. The number of hydrogen-bond donors (Lipinski definition) is 0. The Labute approximate surface area is 187 Å². The van der Waals surface area contributed by atoms with Crippen LogP contribution in [0.1, 0.15) is 18.1 Å². The van der Waals surface area contributed by atoms with Crippen LogP contribution in [0.15, 0.2) is 50.8 Å². The Bertz CT molecular complexity index is 994. The van der Waals surface area contributed by atoms with Crippen molar-refractivity contribution in [1.29, 1.82) is 0 Å². The number of hydrogen-bond acceptors (Lipinski definition) is 5. The molecule has 0 aliphatic carbocycles. The summed E-state index contributed by atoms with van der Waals surface area (Å²) in [7, 11) is 3.38. The summed E-state index contributed by atoms with van der Waals surface area (Å²) in [5.41, 5.74) is 1.71. The van der Waals surface area contributed by atoms with E-state index in [9.17, 15) is 4.79 Å². The van der Waals surface area contributed by atoms with Crippen LogP contribution in [-0.4, -0.2) is 36.7 Å². The molecule has 0 radical (unpaired) electrons. The van der Waals surface area contributed by atoms with Gasteiger partial charge >= 0.3 is 0 Å². The van der Waals surface area contributed by atoms with Crippen molar-refractivity contribution in [3.63, 3.8) is 0 Å². The number of thioether (sulfide) groups is 1. The van der Waals surface area contributed by atoms with Gasteiger partial charge in [-0.2, -0.15) is 0 Å². The van der Waals surface area contributed by atoms with Gasteiger partial charge in [-0.05, 0) is 64.5 Å². The molecule has 2 aromatic carbocycles. The van der Waals surface area contributed by atoms with E-state index in [4.69, 9.17) is 21.1 Å². The van der Waals surface area contributed by atoms with Crippen LogP contribution in [0.3, 0.4) is 0 Å². The molecule has 1 heterocycles. The van der Waals surface area contributed by atoms with Gasteiger partial charge in [-0.25, -0.2) is 0 Å². The number of ether oxygens (including phenoxy) is 2. The molecule has 0 saturated carbocycles. The van der Waals surface area contributed by atoms with Crippen molar-refractivity contribution in [3.05, 3.63) is 61.9 Å². The predicted octanol–water partition coefficient (Wildman–Crippen LogP) is 5.61. The van der Waals surface area contributed by atoms with Crippen molar-refractivity contribution in [2.45, 2.75) is 13.5 Å². The fourth-order valence-corrected chi connectivity index (χ4v) is 4.43. The first kappa shape index (κ1) is 21.7. The van der Waals surface area contributed by atoms with Crippen LogP contribution < -0.4 is 9.47 Å². The molecule has 1 fully saturated rings. The van der Waals surface area contributed by atoms with Crippen molar-refractivity contribution in [2.75, 3.05) is 20.7 Å². The van der Waals surface area contributed by atoms with Gasteiger partial charge in [0.05, 0.1) is 16.0 Å². The molecule has 0 atom stereocenters. The Morgan fingerprint density at radius 1 is 1.28 bits per heavy atom. The zero-order valence-corrected chi connectivity index (χ0v) is 19.4. The van der Waals surface area contributed by atoms with Crippen LogP contribution in [-0.2, 0) is 11.4 Å². The summed E-state index contributed by atoms with van der Waals surface area (Å²) in [6.45, 7) is 2.71. The van der Waals surface area contributed by atoms with Gasteiger partial charge in [-0.3, -0.25) is 14.7 Å². The first-order valence-electron chi connectivity index (χ1n) is 8.91. The van der Waals surface area contributed by atoms with E-state index < -0.39 is 0 Å². The zero-order chi connectivity index (χ0) is 21.0. The molecule has 3 rings (SSSR count). The van der Waals surface area contributed by atoms with Crippen LogP contribution in [0.25, 0.3) is 6.08 Å². The largest absolute Gasteiger partial charge is 0.490 e. The molecule has 1 aliphatic heterocycles. The lowest BCUT2D eigenvalue weighted by Crippen LogP contribution is -2.23. The fourth-order valence-electron chi connectivity index (χ4n) is 2.74. The number of aliphatic imine (C=N–C) groups is 1. The topological polar surface area (TPSA) is 51.1 Å². The van der Waals surface area contributed by atoms with Crippen molar-refractivity contribution in [1.82, 2.24) is 4.90 Å². The van der Waals surface area contributed by atoms with Gasteiger partial charge < -0.3 is 9.47 Å². The summed E-state index contributed by atoms with van der Waals surface area (Å²) in [5.74, 6) is 1.10. The second-order valence-electron chi connectivity index (χ2n) is 6.12. The Balaban J connectivity index is 1.90. The maximum Gasteiger partial charge on any atom is 0.266 e. The Morgan fingerprint density at radius 3 is 2.69 bits per heavy atom. The molecule has 0 spiro atoms. The number of amides is 1. The lowest BCUT2D eigenvalue weighted by atomic mass is 10.1. The zero-order valence-electron chi connectivity index (χ0n) is 16.2. The van der Waals surface area contributed by atoms with E-state index >= 15 is 0 Å². The normalized spacial score (nSPS) is 16.7. The number of carbonyl (C=O) groups excluding carboxylic acids is 1. The number of benzene rings is 2. The molecule has 152 valence electrons. The molecule has 8 heteroatoms. The Morgan fingerprint density at radius 2 is 2.03 bits per heavy atom. The second-order valence-corrected chi connectivity index (χ2v) is 8.39. The van der Waals surface area contributed by atoms with Crippen molar-refractivity contribution in [3.8, 4) is 11.5 Å². The molecule has 0 unspecified atom stereocenters. The molecular formula is C21H20BrClN2O3S. The molecule has 1 saturated heterocycles. The third kappa shape index (κ3) is 4.97. The maximum absolute atomic E-state index is 12.4. The van der Waals surface area contributed by atoms with Crippen LogP contribution in [0, 0.1) is 0 Å². The summed E-state index contributed by atoms with van der Waals surface area (Å²) in [5, 5.41) is 1.32. The average molecular weight is 496 g/mol. The highest BCUT2D eigenvalue weighted by molar-refractivity contribution is 9.10. The summed E-state index contributed by atoms with van der Waals surface area (Å²) in [4.78, 5) is 18.7. The maximum atomic E-state index is 12.4. The van der Waals surface area contributed by atoms with E-state index in [0.29, 0.717) is 39.8 Å². The number of amidine groups is 1. The van der Waals surface area contributed by atoms with E-state index in [-0.39, 0.29) is 5.91 Å². The lowest BCUT2D eigenvalue weighted by Gasteiger charge is -2.15. The van der Waals surface area contributed by atoms with Crippen LogP contribution in [0.2, 0.25) is 5.02 Å². The van der Waals surface area contributed by atoms with Gasteiger partial charge in [-0.1, -0.05) is 29.8 Å². The van der Waals surface area contributed by atoms with E-state index in [1.807, 2.05) is 49.4 Å². The standard InChI is InChI=1S/C21H20BrClN2O3S/c1-4-27-17-10-13(11-18-20(26)25(3)21(24-2)29-18)9-15(22)19(17)28-12-14-7-5-6-8-16(14)23/h5-11H,4,12H2,1-3H3/b18-11+,24-21?. The number of carbonyl (C=O) groups is 1. The van der Waals surface area contributed by atoms with Crippen LogP contribution in [0.4, 0.5) is 0 Å². The molecule has 29 heavy (non-hydrogen) atoms. The highest BCUT2D eigenvalue weighted by Gasteiger charge is 2.29. The minimum atomic E-state index is -0.0799. The van der Waals surface area contributed by atoms with Gasteiger partial charge in [-0.15, -0.1) is 0 Å². The van der Waals surface area contributed by atoms with Gasteiger partial charge in [0.25, 0.3) is 5.91 Å². The third-order valence-corrected chi connectivity index (χ3v) is 6.26. The minimum absolute atomic E-state index is 0.0799. The molecular weight excluding hydrogens is 476 g/mol. The van der Waals surface area contributed by atoms with E-state index in [1.54, 1.807) is 14.1 Å². The molecule has 1 aliphatic rings. The quantitative estimate of drug-likeness (QED) is 0.489. The highest BCUT2D eigenvalue weighted by atomic mass is 79.9. The molecule has 2 aromatic rings. The van der Waals surface area contributed by atoms with Crippen LogP contribution in [0.5, 0.6) is 11.5 Å². The number of nitrogens with zero attached hydrogens (tertiary/aromatic N) is 2. The van der Waals surface area contributed by atoms with Gasteiger partial charge in [0.15, 0.2) is 16.7 Å².